The van der Waals surface area contributed by atoms with Crippen LogP contribution >= 0.6 is 0 Å². The summed E-state index contributed by atoms with van der Waals surface area (Å²) in [4.78, 5) is 39.4. The number of nitrogens with one attached hydrogen (secondary N) is 2. The summed E-state index contributed by atoms with van der Waals surface area (Å²) in [6, 6.07) is 12.2. The van der Waals surface area contributed by atoms with Crippen LogP contribution in [-0.2, 0) is 6.54 Å². The van der Waals surface area contributed by atoms with Crippen molar-refractivity contribution in [2.24, 2.45) is 5.92 Å². The first-order chi connectivity index (χ1) is 13.9. The second kappa shape index (κ2) is 7.73. The Bertz CT molecular complexity index is 998. The number of carbonyl (C=O) groups is 2. The van der Waals surface area contributed by atoms with E-state index in [1.165, 1.54) is 0 Å². The molecule has 2 aliphatic rings. The molecule has 2 aliphatic heterocycles. The zero-order chi connectivity index (χ0) is 20.5. The third-order valence-corrected chi connectivity index (χ3v) is 5.60. The zero-order valence-electron chi connectivity index (χ0n) is 16.7. The Hall–Kier alpha value is -3.09. The van der Waals surface area contributed by atoms with Crippen LogP contribution in [0.3, 0.4) is 0 Å². The number of hydrogen-bond donors (Lipinski definition) is 2. The highest BCUT2D eigenvalue weighted by atomic mass is 16.2. The molecule has 0 unspecified atom stereocenters. The maximum absolute atomic E-state index is 13.0. The lowest BCUT2D eigenvalue weighted by molar-refractivity contribution is 0.0944. The van der Waals surface area contributed by atoms with Gasteiger partial charge >= 0.3 is 6.03 Å². The van der Waals surface area contributed by atoms with Gasteiger partial charge in [0.1, 0.15) is 0 Å². The van der Waals surface area contributed by atoms with E-state index in [4.69, 9.17) is 0 Å². The third-order valence-electron chi connectivity index (χ3n) is 5.60. The summed E-state index contributed by atoms with van der Waals surface area (Å²) in [5.74, 6) is 0.202. The van der Waals surface area contributed by atoms with Crippen LogP contribution in [0.5, 0.6) is 0 Å². The Balaban J connectivity index is 1.51. The van der Waals surface area contributed by atoms with Gasteiger partial charge in [-0.15, -0.1) is 0 Å². The predicted molar refractivity (Wildman–Crippen MR) is 111 cm³/mol. The van der Waals surface area contributed by atoms with Gasteiger partial charge in [-0.1, -0.05) is 18.2 Å². The van der Waals surface area contributed by atoms with Crippen molar-refractivity contribution in [3.8, 4) is 0 Å². The average Bonchev–Trinajstić information content (AvgIpc) is 2.68. The van der Waals surface area contributed by atoms with Gasteiger partial charge in [-0.05, 0) is 44.4 Å². The fraction of sp³-hybridized carbons (Fsp3) is 0.409. The van der Waals surface area contributed by atoms with Crippen LogP contribution in [0.15, 0.2) is 47.3 Å². The molecule has 3 heterocycles. The third kappa shape index (κ3) is 3.90. The van der Waals surface area contributed by atoms with E-state index in [1.54, 1.807) is 41.3 Å². The molecule has 2 bridgehead atoms. The Morgan fingerprint density at radius 2 is 1.83 bits per heavy atom. The van der Waals surface area contributed by atoms with E-state index < -0.39 is 0 Å². The molecule has 2 aromatic rings. The molecule has 4 rings (SSSR count). The molecule has 2 N–H and O–H groups in total. The summed E-state index contributed by atoms with van der Waals surface area (Å²) >= 11 is 0. The fourth-order valence-electron chi connectivity index (χ4n) is 4.39. The molecule has 0 saturated carbocycles. The van der Waals surface area contributed by atoms with E-state index >= 15 is 0 Å². The van der Waals surface area contributed by atoms with E-state index in [0.717, 1.165) is 12.1 Å². The molecule has 1 aromatic heterocycles. The number of anilines is 1. The smallest absolute Gasteiger partial charge is 0.321 e. The number of piperidine rings is 1. The molecule has 3 amide bonds. The summed E-state index contributed by atoms with van der Waals surface area (Å²) in [6.45, 7) is 5.60. The Morgan fingerprint density at radius 1 is 1.03 bits per heavy atom. The molecular formula is C22H26N4O3. The second-order valence-corrected chi connectivity index (χ2v) is 8.21. The van der Waals surface area contributed by atoms with Crippen molar-refractivity contribution in [3.05, 3.63) is 64.1 Å². The standard InChI is InChI=1S/C22H26N4O3/c1-14(2)23-21(28)17-6-3-4-7-18(17)24-22(29)25-11-15-10-16(13-25)19-8-5-9-20(27)26(19)12-15/h3-9,14-16H,10-13H2,1-2H3,(H,23,28)(H,24,29)/t15-,16+/m1/s1. The van der Waals surface area contributed by atoms with Crippen molar-refractivity contribution >= 4 is 17.6 Å². The monoisotopic (exact) mass is 394 g/mol. The Kier molecular flexibility index (Phi) is 5.13. The normalized spacial score (nSPS) is 20.2. The topological polar surface area (TPSA) is 83.4 Å². The van der Waals surface area contributed by atoms with Gasteiger partial charge in [0.2, 0.25) is 0 Å². The van der Waals surface area contributed by atoms with Crippen molar-refractivity contribution in [2.45, 2.75) is 38.8 Å². The number of hydrogen-bond acceptors (Lipinski definition) is 3. The number of urea groups is 1. The quantitative estimate of drug-likeness (QED) is 0.839. The molecule has 0 radical (unpaired) electrons. The van der Waals surface area contributed by atoms with Crippen LogP contribution < -0.4 is 16.2 Å². The van der Waals surface area contributed by atoms with Gasteiger partial charge in [0, 0.05) is 43.4 Å². The molecule has 7 heteroatoms. The first-order valence-electron chi connectivity index (χ1n) is 10.1. The van der Waals surface area contributed by atoms with E-state index in [9.17, 15) is 14.4 Å². The fourth-order valence-corrected chi connectivity index (χ4v) is 4.39. The largest absolute Gasteiger partial charge is 0.350 e. The van der Waals surface area contributed by atoms with Crippen molar-refractivity contribution < 1.29 is 9.59 Å². The van der Waals surface area contributed by atoms with Crippen LogP contribution in [0, 0.1) is 5.92 Å². The number of aromatic nitrogens is 1. The summed E-state index contributed by atoms with van der Waals surface area (Å²) in [6.07, 6.45) is 0.987. The number of amides is 3. The zero-order valence-corrected chi connectivity index (χ0v) is 16.7. The summed E-state index contributed by atoms with van der Waals surface area (Å²) < 4.78 is 1.85. The van der Waals surface area contributed by atoms with Crippen molar-refractivity contribution in [3.63, 3.8) is 0 Å². The first kappa shape index (κ1) is 19.2. The van der Waals surface area contributed by atoms with Crippen LogP contribution in [0.4, 0.5) is 10.5 Å². The first-order valence-corrected chi connectivity index (χ1v) is 10.1. The van der Waals surface area contributed by atoms with E-state index in [1.807, 2.05) is 24.5 Å². The maximum atomic E-state index is 13.0. The lowest BCUT2D eigenvalue weighted by Crippen LogP contribution is -2.50. The van der Waals surface area contributed by atoms with Crippen molar-refractivity contribution in [2.75, 3.05) is 18.4 Å². The number of fused-ring (bicyclic) bond motifs is 4. The average molecular weight is 394 g/mol. The van der Waals surface area contributed by atoms with Crippen LogP contribution in [0.2, 0.25) is 0 Å². The van der Waals surface area contributed by atoms with Crippen LogP contribution in [-0.4, -0.2) is 40.5 Å². The molecule has 0 aliphatic carbocycles. The van der Waals surface area contributed by atoms with Gasteiger partial charge in [0.15, 0.2) is 0 Å². The minimum absolute atomic E-state index is 0.0104. The lowest BCUT2D eigenvalue weighted by Gasteiger charge is -2.42. The van der Waals surface area contributed by atoms with Crippen LogP contribution in [0.1, 0.15) is 42.2 Å². The van der Waals surface area contributed by atoms with E-state index in [2.05, 4.69) is 10.6 Å². The Morgan fingerprint density at radius 3 is 2.62 bits per heavy atom. The predicted octanol–water partition coefficient (Wildman–Crippen LogP) is 2.64. The highest BCUT2D eigenvalue weighted by Gasteiger charge is 2.36. The SMILES string of the molecule is CC(C)NC(=O)c1ccccc1NC(=O)N1C[C@H]2C[C@@H](C1)c1cccc(=O)n1C2. The van der Waals surface area contributed by atoms with Crippen molar-refractivity contribution in [1.82, 2.24) is 14.8 Å². The molecule has 29 heavy (non-hydrogen) atoms. The highest BCUT2D eigenvalue weighted by Crippen LogP contribution is 2.35. The summed E-state index contributed by atoms with van der Waals surface area (Å²) in [5, 5.41) is 5.78. The second-order valence-electron chi connectivity index (χ2n) is 8.21. The number of para-hydroxylation sites is 1. The number of carbonyl (C=O) groups excluding carboxylic acids is 2. The molecular weight excluding hydrogens is 368 g/mol. The minimum Gasteiger partial charge on any atom is -0.350 e. The number of benzene rings is 1. The van der Waals surface area contributed by atoms with Gasteiger partial charge < -0.3 is 20.1 Å². The lowest BCUT2D eigenvalue weighted by atomic mass is 9.83. The number of nitrogens with zero attached hydrogens (tertiary/aromatic N) is 2. The molecule has 152 valence electrons. The highest BCUT2D eigenvalue weighted by molar-refractivity contribution is 6.03. The molecule has 1 fully saturated rings. The molecule has 2 atom stereocenters. The van der Waals surface area contributed by atoms with Gasteiger partial charge in [0.05, 0.1) is 11.3 Å². The van der Waals surface area contributed by atoms with E-state index in [-0.39, 0.29) is 35.4 Å². The molecule has 1 aromatic carbocycles. The minimum atomic E-state index is -0.212. The molecule has 0 spiro atoms. The van der Waals surface area contributed by atoms with Crippen molar-refractivity contribution in [1.29, 1.82) is 0 Å². The molecule has 7 nitrogen and oxygen atoms in total. The summed E-state index contributed by atoms with van der Waals surface area (Å²) in [5.41, 5.74) is 1.98. The van der Waals surface area contributed by atoms with Gasteiger partial charge in [-0.3, -0.25) is 9.59 Å². The van der Waals surface area contributed by atoms with Gasteiger partial charge in [0.25, 0.3) is 11.5 Å². The maximum Gasteiger partial charge on any atom is 0.321 e. The van der Waals surface area contributed by atoms with Gasteiger partial charge in [-0.2, -0.15) is 0 Å². The molecule has 1 saturated heterocycles. The van der Waals surface area contributed by atoms with E-state index in [0.29, 0.717) is 30.9 Å². The number of rotatable bonds is 3. The Labute approximate surface area is 169 Å². The number of pyridine rings is 1. The summed E-state index contributed by atoms with van der Waals surface area (Å²) in [7, 11) is 0. The van der Waals surface area contributed by atoms with Crippen LogP contribution in [0.25, 0.3) is 0 Å². The van der Waals surface area contributed by atoms with Gasteiger partial charge in [-0.25, -0.2) is 4.79 Å². The number of likely N-dealkylation sites (tertiary alicyclic amines) is 1.